The minimum absolute atomic E-state index is 0. The average molecular weight is 704 g/mol. The van der Waals surface area contributed by atoms with E-state index in [-0.39, 0.29) is 157 Å². The fourth-order valence-electron chi connectivity index (χ4n) is 2.22. The Morgan fingerprint density at radius 3 is 1.21 bits per heavy atom. The third-order valence-corrected chi connectivity index (χ3v) is 3.51. The molecule has 0 spiro atoms. The van der Waals surface area contributed by atoms with Gasteiger partial charge in [-0.1, -0.05) is 13.2 Å². The fraction of sp³-hybridized carbons (Fsp3) is 0.778. The van der Waals surface area contributed by atoms with Crippen molar-refractivity contribution < 1.29 is 151 Å². The molecule has 0 aliphatic heterocycles. The van der Waals surface area contributed by atoms with Crippen molar-refractivity contribution in [2.24, 2.45) is 0 Å². The van der Waals surface area contributed by atoms with Gasteiger partial charge in [-0.05, 0) is 33.2 Å². The molecule has 2 atom stereocenters. The van der Waals surface area contributed by atoms with Crippen LogP contribution < -0.4 is 0 Å². The second kappa shape index (κ2) is 41.4. The van der Waals surface area contributed by atoms with Crippen LogP contribution >= 0.6 is 0 Å². The Kier molecular flexibility index (Phi) is 73.0. The van der Waals surface area contributed by atoms with Crippen LogP contribution in [-0.4, -0.2) is 81.8 Å². The topological polar surface area (TPSA) is 87.4 Å². The number of nitrogens with zero attached hydrogens (tertiary/aromatic N) is 2. The molecule has 0 aromatic heterocycles. The summed E-state index contributed by atoms with van der Waals surface area (Å²) in [5, 5.41) is 33.1. The van der Waals surface area contributed by atoms with E-state index in [1.807, 2.05) is 13.8 Å². The van der Waals surface area contributed by atoms with Gasteiger partial charge < -0.3 is 52.3 Å². The van der Waals surface area contributed by atoms with Gasteiger partial charge in [0.15, 0.2) is 0 Å². The van der Waals surface area contributed by atoms with Crippen LogP contribution in [0.15, 0.2) is 0 Å². The van der Waals surface area contributed by atoms with E-state index in [2.05, 4.69) is 50.6 Å². The predicted octanol–water partition coefficient (Wildman–Crippen LogP) is 1.11. The maximum Gasteiger partial charge on any atom is 0.0445 e. The molecule has 10 heteroatoms. The monoisotopic (exact) mass is 704 g/mol. The van der Waals surface area contributed by atoms with Gasteiger partial charge in [0.05, 0.1) is 0 Å². The van der Waals surface area contributed by atoms with E-state index >= 15 is 0 Å². The van der Waals surface area contributed by atoms with Gasteiger partial charge in [0.1, 0.15) is 0 Å². The van der Waals surface area contributed by atoms with Crippen LogP contribution in [0.1, 0.15) is 40.5 Å². The first-order chi connectivity index (χ1) is 11.4. The molecule has 0 aromatic carbocycles. The molecule has 0 heterocycles. The largest absolute Gasteiger partial charge is 0.604 e. The zero-order valence-corrected chi connectivity index (χ0v) is 29.7. The van der Waals surface area contributed by atoms with Gasteiger partial charge in [-0.25, -0.2) is 0 Å². The summed E-state index contributed by atoms with van der Waals surface area (Å²) < 4.78 is 0. The van der Waals surface area contributed by atoms with E-state index < -0.39 is 0 Å². The molecule has 0 aliphatic rings. The van der Waals surface area contributed by atoms with Crippen LogP contribution in [0.2, 0.25) is 0 Å². The summed E-state index contributed by atoms with van der Waals surface area (Å²) in [5.74, 6) is 0. The number of hydrogen-bond acceptors (Lipinski definition) is 6. The maximum absolute atomic E-state index is 9.07. The van der Waals surface area contributed by atoms with Crippen LogP contribution in [0.4, 0.5) is 0 Å². The fourth-order valence-corrected chi connectivity index (χ4v) is 2.22. The standard InChI is InChI=1S/C14H30N2O2.2C2H5O.4Y/c1-5-15(6-2)9-10-16(13(3)7-11-17)14(4)8-12-18;2*1-2-3;;;;/h5-6,13-14,17-18H,7-12H2,1-4H3;2*3H,1-2H2;;;;/q-2;2*-1;;;;. The van der Waals surface area contributed by atoms with Crippen LogP contribution in [-0.2, 0) is 131 Å². The Bertz CT molecular complexity index is 220. The van der Waals surface area contributed by atoms with Crippen molar-refractivity contribution in [3.05, 3.63) is 26.9 Å². The van der Waals surface area contributed by atoms with Crippen LogP contribution in [0.25, 0.3) is 0 Å². The quantitative estimate of drug-likeness (QED) is 0.242. The molecule has 6 nitrogen and oxygen atoms in total. The number of hydrogen-bond donors (Lipinski definition) is 4. The van der Waals surface area contributed by atoms with Gasteiger partial charge in [0, 0.05) is 163 Å². The van der Waals surface area contributed by atoms with E-state index in [9.17, 15) is 0 Å². The van der Waals surface area contributed by atoms with Gasteiger partial charge in [-0.15, -0.1) is 0 Å². The minimum atomic E-state index is 0. The van der Waals surface area contributed by atoms with Crippen molar-refractivity contribution in [3.8, 4) is 0 Å². The van der Waals surface area contributed by atoms with Crippen LogP contribution in [0, 0.1) is 26.9 Å². The van der Waals surface area contributed by atoms with Gasteiger partial charge >= 0.3 is 0 Å². The predicted molar refractivity (Wildman–Crippen MR) is 101 cm³/mol. The Morgan fingerprint density at radius 2 is 1.00 bits per heavy atom. The third kappa shape index (κ3) is 34.8. The Morgan fingerprint density at radius 1 is 0.714 bits per heavy atom. The molecule has 4 radical (unpaired) electrons. The van der Waals surface area contributed by atoms with E-state index in [4.69, 9.17) is 20.4 Å². The summed E-state index contributed by atoms with van der Waals surface area (Å²) in [6, 6.07) is 0.680. The molecule has 0 saturated heterocycles. The zero-order valence-electron chi connectivity index (χ0n) is 18.4. The molecule has 162 valence electrons. The van der Waals surface area contributed by atoms with Crippen molar-refractivity contribution in [1.29, 1.82) is 0 Å². The maximum atomic E-state index is 9.07. The molecular formula is C18H40N2O4Y4-4. The molecule has 0 amide bonds. The van der Waals surface area contributed by atoms with E-state index in [1.165, 1.54) is 0 Å². The van der Waals surface area contributed by atoms with Crippen LogP contribution in [0.5, 0.6) is 0 Å². The van der Waals surface area contributed by atoms with Gasteiger partial charge in [-0.3, -0.25) is 4.90 Å². The summed E-state index contributed by atoms with van der Waals surface area (Å²) in [7, 11) is 0. The van der Waals surface area contributed by atoms with Crippen molar-refractivity contribution in [2.75, 3.05) is 39.5 Å². The van der Waals surface area contributed by atoms with Crippen LogP contribution in [0.3, 0.4) is 0 Å². The van der Waals surface area contributed by atoms with E-state index in [0.29, 0.717) is 12.1 Å². The Balaban J connectivity index is -0.0000000781. The average Bonchev–Trinajstić information content (AvgIpc) is 2.53. The molecular weight excluding hydrogens is 664 g/mol. The first kappa shape index (κ1) is 49.3. The normalized spacial score (nSPS) is 11.1. The number of rotatable bonds is 11. The molecule has 0 fully saturated rings. The molecule has 0 rings (SSSR count). The van der Waals surface area contributed by atoms with E-state index in [1.54, 1.807) is 0 Å². The minimum Gasteiger partial charge on any atom is -0.604 e. The first-order valence-electron chi connectivity index (χ1n) is 8.56. The molecule has 0 aliphatic carbocycles. The number of aliphatic hydroxyl groups is 4. The van der Waals surface area contributed by atoms with Crippen molar-refractivity contribution in [2.45, 2.75) is 52.6 Å². The smallest absolute Gasteiger partial charge is 0.0445 e. The summed E-state index contributed by atoms with van der Waals surface area (Å²) >= 11 is 0. The second-order valence-electron chi connectivity index (χ2n) is 5.16. The van der Waals surface area contributed by atoms with Gasteiger partial charge in [-0.2, -0.15) is 13.8 Å². The van der Waals surface area contributed by atoms with Crippen molar-refractivity contribution in [1.82, 2.24) is 9.80 Å². The number of aliphatic hydroxyl groups excluding tert-OH is 4. The molecule has 28 heavy (non-hydrogen) atoms. The Hall–Kier alpha value is 4.18. The Labute approximate surface area is 275 Å². The second-order valence-corrected chi connectivity index (χ2v) is 5.16. The van der Waals surface area contributed by atoms with E-state index in [0.717, 1.165) is 25.9 Å². The van der Waals surface area contributed by atoms with Gasteiger partial charge in [0.2, 0.25) is 0 Å². The van der Waals surface area contributed by atoms with Crippen molar-refractivity contribution >= 4 is 0 Å². The summed E-state index contributed by atoms with van der Waals surface area (Å²) in [6.45, 7) is 20.9. The third-order valence-electron chi connectivity index (χ3n) is 3.51. The summed E-state index contributed by atoms with van der Waals surface area (Å²) in [6.07, 6.45) is 1.56. The molecule has 4 N–H and O–H groups in total. The molecule has 0 saturated carbocycles. The summed E-state index contributed by atoms with van der Waals surface area (Å²) in [4.78, 5) is 4.52. The zero-order chi connectivity index (χ0) is 19.4. The first-order valence-corrected chi connectivity index (χ1v) is 8.56. The summed E-state index contributed by atoms with van der Waals surface area (Å²) in [5.41, 5.74) is 0. The molecule has 2 unspecified atom stereocenters. The molecule has 0 aromatic rings. The van der Waals surface area contributed by atoms with Gasteiger partial charge in [0.25, 0.3) is 0 Å². The molecule has 0 bridgehead atoms. The SMILES string of the molecule is C[CH-]N([CH-]C)CCN(C(C)CCO)C(C)CCO.[CH2-]CO.[CH2-]CO.[Y].[Y].[Y].[Y]. The van der Waals surface area contributed by atoms with Crippen molar-refractivity contribution in [3.63, 3.8) is 0 Å².